The molecule has 1 aromatic heterocycles. The molecule has 0 aliphatic carbocycles. The van der Waals surface area contributed by atoms with Crippen LogP contribution in [0.1, 0.15) is 24.2 Å². The third-order valence-electron chi connectivity index (χ3n) is 3.87. The largest absolute Gasteiger partial charge is 0.497 e. The first kappa shape index (κ1) is 19.2. The predicted molar refractivity (Wildman–Crippen MR) is 111 cm³/mol. The second-order valence-electron chi connectivity index (χ2n) is 6.43. The number of methoxy groups -OCH3 is 1. The summed E-state index contributed by atoms with van der Waals surface area (Å²) in [5, 5.41) is 6.06. The summed E-state index contributed by atoms with van der Waals surface area (Å²) in [5.41, 5.74) is 2.06. The van der Waals surface area contributed by atoms with E-state index in [0.717, 1.165) is 17.2 Å². The minimum absolute atomic E-state index is 0.126. The first-order valence-electron chi connectivity index (χ1n) is 8.98. The number of nitrogens with zero attached hydrogens (tertiary/aromatic N) is 1. The van der Waals surface area contributed by atoms with Crippen molar-refractivity contribution in [3.8, 4) is 11.5 Å². The maximum Gasteiger partial charge on any atom is 0.255 e. The van der Waals surface area contributed by atoms with Gasteiger partial charge in [0.15, 0.2) is 0 Å². The highest BCUT2D eigenvalue weighted by Crippen LogP contribution is 2.21. The maximum absolute atomic E-state index is 12.5. The van der Waals surface area contributed by atoms with Crippen LogP contribution in [0.4, 0.5) is 17.2 Å². The van der Waals surface area contributed by atoms with E-state index < -0.39 is 0 Å². The smallest absolute Gasteiger partial charge is 0.255 e. The van der Waals surface area contributed by atoms with E-state index in [1.54, 1.807) is 49.7 Å². The number of nitrogens with one attached hydrogen (secondary N) is 2. The van der Waals surface area contributed by atoms with Crippen LogP contribution in [0.15, 0.2) is 66.9 Å². The number of carbonyl (C=O) groups is 1. The summed E-state index contributed by atoms with van der Waals surface area (Å²) in [6, 6.07) is 18.1. The lowest BCUT2D eigenvalue weighted by atomic mass is 10.2. The number of hydrogen-bond donors (Lipinski definition) is 2. The molecule has 0 radical (unpaired) electrons. The van der Waals surface area contributed by atoms with Crippen molar-refractivity contribution in [2.24, 2.45) is 0 Å². The van der Waals surface area contributed by atoms with E-state index >= 15 is 0 Å². The second kappa shape index (κ2) is 8.90. The fraction of sp³-hybridized carbons (Fsp3) is 0.182. The molecule has 1 amide bonds. The van der Waals surface area contributed by atoms with Gasteiger partial charge in [-0.15, -0.1) is 0 Å². The number of aromatic nitrogens is 1. The molecule has 2 N–H and O–H groups in total. The molecule has 0 fully saturated rings. The molecule has 6 heteroatoms. The average molecular weight is 377 g/mol. The topological polar surface area (TPSA) is 72.5 Å². The summed E-state index contributed by atoms with van der Waals surface area (Å²) in [4.78, 5) is 16.8. The number of rotatable bonds is 7. The molecule has 2 aromatic carbocycles. The van der Waals surface area contributed by atoms with Gasteiger partial charge in [0.1, 0.15) is 17.3 Å². The number of hydrogen-bond acceptors (Lipinski definition) is 5. The van der Waals surface area contributed by atoms with E-state index in [4.69, 9.17) is 9.47 Å². The second-order valence-corrected chi connectivity index (χ2v) is 6.43. The van der Waals surface area contributed by atoms with Crippen molar-refractivity contribution >= 4 is 23.1 Å². The van der Waals surface area contributed by atoms with Crippen LogP contribution in [0.5, 0.6) is 11.5 Å². The van der Waals surface area contributed by atoms with Crippen LogP contribution in [0, 0.1) is 0 Å². The molecule has 6 nitrogen and oxygen atoms in total. The zero-order valence-electron chi connectivity index (χ0n) is 16.1. The molecular weight excluding hydrogens is 354 g/mol. The van der Waals surface area contributed by atoms with Crippen molar-refractivity contribution < 1.29 is 14.3 Å². The first-order chi connectivity index (χ1) is 13.5. The fourth-order valence-electron chi connectivity index (χ4n) is 2.55. The zero-order chi connectivity index (χ0) is 19.9. The minimum Gasteiger partial charge on any atom is -0.497 e. The summed E-state index contributed by atoms with van der Waals surface area (Å²) in [5.74, 6) is 1.91. The number of ether oxygens (including phenoxy) is 2. The summed E-state index contributed by atoms with van der Waals surface area (Å²) >= 11 is 0. The Hall–Kier alpha value is -3.54. The van der Waals surface area contributed by atoms with Crippen molar-refractivity contribution in [3.63, 3.8) is 0 Å². The number of anilines is 3. The fourth-order valence-corrected chi connectivity index (χ4v) is 2.55. The van der Waals surface area contributed by atoms with Gasteiger partial charge in [-0.05, 0) is 74.5 Å². The van der Waals surface area contributed by atoms with Gasteiger partial charge in [-0.3, -0.25) is 4.79 Å². The van der Waals surface area contributed by atoms with E-state index in [0.29, 0.717) is 17.1 Å². The molecule has 28 heavy (non-hydrogen) atoms. The molecule has 0 saturated carbocycles. The highest BCUT2D eigenvalue weighted by atomic mass is 16.5. The van der Waals surface area contributed by atoms with Gasteiger partial charge in [-0.2, -0.15) is 0 Å². The summed E-state index contributed by atoms with van der Waals surface area (Å²) in [6.07, 6.45) is 1.72. The third kappa shape index (κ3) is 5.23. The Balaban J connectivity index is 1.66. The van der Waals surface area contributed by atoms with E-state index in [2.05, 4.69) is 15.6 Å². The monoisotopic (exact) mass is 377 g/mol. The van der Waals surface area contributed by atoms with Gasteiger partial charge in [0, 0.05) is 23.1 Å². The van der Waals surface area contributed by atoms with Gasteiger partial charge in [-0.1, -0.05) is 0 Å². The number of pyridine rings is 1. The van der Waals surface area contributed by atoms with Crippen molar-refractivity contribution in [1.82, 2.24) is 4.98 Å². The molecule has 0 unspecified atom stereocenters. The third-order valence-corrected chi connectivity index (χ3v) is 3.87. The van der Waals surface area contributed by atoms with Crippen LogP contribution in [-0.4, -0.2) is 24.1 Å². The first-order valence-corrected chi connectivity index (χ1v) is 8.98. The number of benzene rings is 2. The number of carbonyl (C=O) groups excluding carboxylic acids is 1. The molecular formula is C22H23N3O3. The highest BCUT2D eigenvalue weighted by Gasteiger charge is 2.08. The standard InChI is InChI=1S/C22H23N3O3/c1-15(2)28-20-10-6-17(7-11-20)24-21-14-16(12-13-23-21)22(26)25-18-4-8-19(27-3)9-5-18/h4-15H,1-3H3,(H,23,24)(H,25,26). The Labute approximate surface area is 164 Å². The highest BCUT2D eigenvalue weighted by molar-refractivity contribution is 6.04. The molecule has 0 spiro atoms. The van der Waals surface area contributed by atoms with Crippen LogP contribution >= 0.6 is 0 Å². The van der Waals surface area contributed by atoms with E-state index in [1.165, 1.54) is 0 Å². The van der Waals surface area contributed by atoms with Crippen molar-refractivity contribution in [2.45, 2.75) is 20.0 Å². The van der Waals surface area contributed by atoms with Gasteiger partial charge in [0.2, 0.25) is 0 Å². The van der Waals surface area contributed by atoms with Crippen LogP contribution in [0.3, 0.4) is 0 Å². The Morgan fingerprint density at radius 3 is 2.21 bits per heavy atom. The lowest BCUT2D eigenvalue weighted by Gasteiger charge is -2.11. The lowest BCUT2D eigenvalue weighted by Crippen LogP contribution is -2.12. The van der Waals surface area contributed by atoms with Crippen LogP contribution in [0.25, 0.3) is 0 Å². The van der Waals surface area contributed by atoms with Crippen LogP contribution in [-0.2, 0) is 0 Å². The molecule has 1 heterocycles. The summed E-state index contributed by atoms with van der Waals surface area (Å²) in [6.45, 7) is 3.97. The van der Waals surface area contributed by atoms with E-state index in [1.807, 2.05) is 38.1 Å². The van der Waals surface area contributed by atoms with Crippen molar-refractivity contribution in [2.75, 3.05) is 17.7 Å². The molecule has 0 aliphatic heterocycles. The minimum atomic E-state index is -0.212. The Kier molecular flexibility index (Phi) is 6.11. The predicted octanol–water partition coefficient (Wildman–Crippen LogP) is 4.87. The van der Waals surface area contributed by atoms with Crippen molar-refractivity contribution in [3.05, 3.63) is 72.4 Å². The molecule has 0 atom stereocenters. The van der Waals surface area contributed by atoms with Gasteiger partial charge in [-0.25, -0.2) is 4.98 Å². The molecule has 0 aliphatic rings. The Bertz CT molecular complexity index is 923. The SMILES string of the molecule is COc1ccc(NC(=O)c2ccnc(Nc3ccc(OC(C)C)cc3)c2)cc1. The number of amides is 1. The Morgan fingerprint density at radius 1 is 0.929 bits per heavy atom. The molecule has 144 valence electrons. The maximum atomic E-state index is 12.5. The van der Waals surface area contributed by atoms with E-state index in [9.17, 15) is 4.79 Å². The van der Waals surface area contributed by atoms with Gasteiger partial charge in [0.05, 0.1) is 13.2 Å². The Morgan fingerprint density at radius 2 is 1.57 bits per heavy atom. The van der Waals surface area contributed by atoms with Gasteiger partial charge >= 0.3 is 0 Å². The summed E-state index contributed by atoms with van der Waals surface area (Å²) in [7, 11) is 1.60. The van der Waals surface area contributed by atoms with Crippen molar-refractivity contribution in [1.29, 1.82) is 0 Å². The van der Waals surface area contributed by atoms with Crippen LogP contribution < -0.4 is 20.1 Å². The molecule has 3 aromatic rings. The average Bonchev–Trinajstić information content (AvgIpc) is 2.70. The van der Waals surface area contributed by atoms with Crippen LogP contribution in [0.2, 0.25) is 0 Å². The summed E-state index contributed by atoms with van der Waals surface area (Å²) < 4.78 is 10.8. The quantitative estimate of drug-likeness (QED) is 0.614. The normalized spacial score (nSPS) is 10.4. The van der Waals surface area contributed by atoms with Gasteiger partial charge < -0.3 is 20.1 Å². The molecule has 0 saturated heterocycles. The van der Waals surface area contributed by atoms with E-state index in [-0.39, 0.29) is 12.0 Å². The molecule has 0 bridgehead atoms. The lowest BCUT2D eigenvalue weighted by molar-refractivity contribution is 0.102. The van der Waals surface area contributed by atoms with Gasteiger partial charge in [0.25, 0.3) is 5.91 Å². The molecule has 3 rings (SSSR count). The zero-order valence-corrected chi connectivity index (χ0v) is 16.1.